The number of sulfone groups is 1. The van der Waals surface area contributed by atoms with Gasteiger partial charge in [-0.2, -0.15) is 0 Å². The maximum Gasteiger partial charge on any atom is 0.229 e. The zero-order valence-electron chi connectivity index (χ0n) is 12.9. The molecule has 1 aromatic heterocycles. The molecule has 4 nitrogen and oxygen atoms in total. The van der Waals surface area contributed by atoms with Crippen LogP contribution in [-0.4, -0.2) is 23.2 Å². The lowest BCUT2D eigenvalue weighted by Gasteiger charge is -2.12. The van der Waals surface area contributed by atoms with E-state index in [0.29, 0.717) is 16.6 Å². The minimum absolute atomic E-state index is 0.0167. The second kappa shape index (κ2) is 5.77. The molecule has 3 rings (SSSR count). The van der Waals surface area contributed by atoms with Crippen molar-refractivity contribution >= 4 is 20.9 Å². The first-order chi connectivity index (χ1) is 10.9. The summed E-state index contributed by atoms with van der Waals surface area (Å²) in [5, 5.41) is -0.615. The number of benzene rings is 2. The van der Waals surface area contributed by atoms with Crippen LogP contribution >= 0.6 is 0 Å². The van der Waals surface area contributed by atoms with Gasteiger partial charge in [0.05, 0.1) is 22.8 Å². The molecule has 0 unspecified atom stereocenters. The van der Waals surface area contributed by atoms with Crippen molar-refractivity contribution in [3.05, 3.63) is 59.9 Å². The molecule has 0 fully saturated rings. The zero-order valence-corrected chi connectivity index (χ0v) is 13.7. The number of fused-ring (bicyclic) bond motifs is 1. The quantitative estimate of drug-likeness (QED) is 0.736. The molecule has 0 amide bonds. The van der Waals surface area contributed by atoms with E-state index in [1.54, 1.807) is 54.8 Å². The first-order valence-electron chi connectivity index (χ1n) is 7.34. The number of hydrogen-bond donors (Lipinski definition) is 0. The van der Waals surface area contributed by atoms with Crippen LogP contribution in [0.4, 0.5) is 4.39 Å². The van der Waals surface area contributed by atoms with Crippen molar-refractivity contribution in [2.75, 3.05) is 0 Å². The number of nitrogens with zero attached hydrogens (tertiary/aromatic N) is 2. The lowest BCUT2D eigenvalue weighted by Crippen LogP contribution is -2.20. The number of rotatable bonds is 4. The minimum Gasteiger partial charge on any atom is -0.310 e. The van der Waals surface area contributed by atoms with Crippen LogP contribution in [0.25, 0.3) is 11.0 Å². The molecule has 0 radical (unpaired) electrons. The third-order valence-corrected chi connectivity index (χ3v) is 5.84. The number of para-hydroxylation sites is 2. The van der Waals surface area contributed by atoms with Gasteiger partial charge in [0.15, 0.2) is 0 Å². The Bertz CT molecular complexity index is 962. The molecule has 0 saturated carbocycles. The molecule has 3 aromatic rings. The van der Waals surface area contributed by atoms with Crippen molar-refractivity contribution in [2.45, 2.75) is 30.8 Å². The Morgan fingerprint density at radius 3 is 2.43 bits per heavy atom. The van der Waals surface area contributed by atoms with Gasteiger partial charge in [0, 0.05) is 5.56 Å². The average Bonchev–Trinajstić information content (AvgIpc) is 2.89. The molecule has 23 heavy (non-hydrogen) atoms. The highest BCUT2D eigenvalue weighted by Crippen LogP contribution is 2.24. The molecular weight excluding hydrogens is 315 g/mol. The number of imidazole rings is 1. The van der Waals surface area contributed by atoms with E-state index < -0.39 is 15.1 Å². The van der Waals surface area contributed by atoms with Gasteiger partial charge in [-0.05, 0) is 32.0 Å². The van der Waals surface area contributed by atoms with Crippen LogP contribution in [0.15, 0.2) is 53.7 Å². The van der Waals surface area contributed by atoms with E-state index in [-0.39, 0.29) is 17.5 Å². The summed E-state index contributed by atoms with van der Waals surface area (Å²) in [6.45, 7) is 3.35. The fourth-order valence-corrected chi connectivity index (χ4v) is 3.55. The maximum atomic E-state index is 14.0. The molecule has 0 atom stereocenters. The van der Waals surface area contributed by atoms with Crippen molar-refractivity contribution in [1.82, 2.24) is 9.55 Å². The van der Waals surface area contributed by atoms with Crippen molar-refractivity contribution < 1.29 is 12.8 Å². The van der Waals surface area contributed by atoms with Crippen LogP contribution in [-0.2, 0) is 16.4 Å². The second-order valence-electron chi connectivity index (χ2n) is 5.65. The monoisotopic (exact) mass is 332 g/mol. The first-order valence-corrected chi connectivity index (χ1v) is 8.88. The molecule has 0 N–H and O–H groups in total. The van der Waals surface area contributed by atoms with Gasteiger partial charge < -0.3 is 4.57 Å². The number of aromatic nitrogens is 2. The summed E-state index contributed by atoms with van der Waals surface area (Å²) in [5.41, 5.74) is 1.69. The molecule has 6 heteroatoms. The predicted molar refractivity (Wildman–Crippen MR) is 87.6 cm³/mol. The summed E-state index contributed by atoms with van der Waals surface area (Å²) in [7, 11) is -3.57. The van der Waals surface area contributed by atoms with Gasteiger partial charge in [-0.3, -0.25) is 0 Å². The standard InChI is InChI=1S/C17H17FN2O2S/c1-12(2)23(21,22)17-19-15-9-5-6-10-16(15)20(17)11-13-7-3-4-8-14(13)18/h3-10,12H,11H2,1-2H3. The number of halogens is 1. The van der Waals surface area contributed by atoms with E-state index in [1.165, 1.54) is 6.07 Å². The van der Waals surface area contributed by atoms with Crippen molar-refractivity contribution in [3.8, 4) is 0 Å². The van der Waals surface area contributed by atoms with Crippen LogP contribution in [0.1, 0.15) is 19.4 Å². The van der Waals surface area contributed by atoms with Gasteiger partial charge in [0.2, 0.25) is 15.0 Å². The predicted octanol–water partition coefficient (Wildman–Crippen LogP) is 3.41. The van der Waals surface area contributed by atoms with Crippen LogP contribution in [0.2, 0.25) is 0 Å². The highest BCUT2D eigenvalue weighted by Gasteiger charge is 2.27. The van der Waals surface area contributed by atoms with Gasteiger partial charge in [0.25, 0.3) is 0 Å². The molecule has 0 aliphatic rings. The number of hydrogen-bond acceptors (Lipinski definition) is 3. The van der Waals surface area contributed by atoms with Crippen LogP contribution < -0.4 is 0 Å². The van der Waals surface area contributed by atoms with Crippen molar-refractivity contribution in [3.63, 3.8) is 0 Å². The topological polar surface area (TPSA) is 52.0 Å². The highest BCUT2D eigenvalue weighted by molar-refractivity contribution is 7.91. The maximum absolute atomic E-state index is 14.0. The fourth-order valence-electron chi connectivity index (χ4n) is 2.43. The molecular formula is C17H17FN2O2S. The van der Waals surface area contributed by atoms with Crippen LogP contribution in [0.3, 0.4) is 0 Å². The Balaban J connectivity index is 2.24. The van der Waals surface area contributed by atoms with Gasteiger partial charge >= 0.3 is 0 Å². The van der Waals surface area contributed by atoms with Gasteiger partial charge in [-0.1, -0.05) is 30.3 Å². The van der Waals surface area contributed by atoms with Gasteiger partial charge in [-0.15, -0.1) is 0 Å². The zero-order chi connectivity index (χ0) is 16.6. The van der Waals surface area contributed by atoms with Crippen molar-refractivity contribution in [2.24, 2.45) is 0 Å². The van der Waals surface area contributed by atoms with E-state index in [0.717, 1.165) is 0 Å². The molecule has 0 bridgehead atoms. The normalized spacial score (nSPS) is 12.2. The van der Waals surface area contributed by atoms with E-state index in [1.807, 2.05) is 6.07 Å². The fraction of sp³-hybridized carbons (Fsp3) is 0.235. The Hall–Kier alpha value is -2.21. The van der Waals surface area contributed by atoms with E-state index in [4.69, 9.17) is 0 Å². The lowest BCUT2D eigenvalue weighted by molar-refractivity contribution is 0.559. The molecule has 120 valence electrons. The largest absolute Gasteiger partial charge is 0.310 e. The smallest absolute Gasteiger partial charge is 0.229 e. The molecule has 0 saturated heterocycles. The second-order valence-corrected chi connectivity index (χ2v) is 8.05. The minimum atomic E-state index is -3.57. The van der Waals surface area contributed by atoms with Crippen molar-refractivity contribution in [1.29, 1.82) is 0 Å². The summed E-state index contributed by atoms with van der Waals surface area (Å²) in [6.07, 6.45) is 0. The summed E-state index contributed by atoms with van der Waals surface area (Å²) in [5.74, 6) is -0.363. The third kappa shape index (κ3) is 2.74. The lowest BCUT2D eigenvalue weighted by atomic mass is 10.2. The highest BCUT2D eigenvalue weighted by atomic mass is 32.2. The van der Waals surface area contributed by atoms with E-state index >= 15 is 0 Å². The average molecular weight is 332 g/mol. The summed E-state index contributed by atoms with van der Waals surface area (Å²) >= 11 is 0. The molecule has 1 heterocycles. The Labute approximate surface area is 134 Å². The third-order valence-electron chi connectivity index (χ3n) is 3.78. The summed E-state index contributed by atoms with van der Waals surface area (Å²) < 4.78 is 40.8. The SMILES string of the molecule is CC(C)S(=O)(=O)c1nc2ccccc2n1Cc1ccccc1F. The van der Waals surface area contributed by atoms with Crippen LogP contribution in [0, 0.1) is 5.82 Å². The van der Waals surface area contributed by atoms with E-state index in [9.17, 15) is 12.8 Å². The van der Waals surface area contributed by atoms with Crippen LogP contribution in [0.5, 0.6) is 0 Å². The summed E-state index contributed by atoms with van der Waals surface area (Å²) in [6, 6.07) is 13.5. The Morgan fingerprint density at radius 2 is 1.74 bits per heavy atom. The molecule has 0 aliphatic carbocycles. The van der Waals surface area contributed by atoms with Gasteiger partial charge in [0.1, 0.15) is 5.82 Å². The first kappa shape index (κ1) is 15.7. The molecule has 2 aromatic carbocycles. The van der Waals surface area contributed by atoms with Gasteiger partial charge in [-0.25, -0.2) is 17.8 Å². The molecule has 0 aliphatic heterocycles. The summed E-state index contributed by atoms with van der Waals surface area (Å²) in [4.78, 5) is 4.28. The Morgan fingerprint density at radius 1 is 1.09 bits per heavy atom. The Kier molecular flexibility index (Phi) is 3.93. The molecule has 0 spiro atoms. The van der Waals surface area contributed by atoms with E-state index in [2.05, 4.69) is 4.98 Å².